The summed E-state index contributed by atoms with van der Waals surface area (Å²) >= 11 is 0. The van der Waals surface area contributed by atoms with E-state index in [1.165, 1.54) is 23.8 Å². The van der Waals surface area contributed by atoms with E-state index in [1.807, 2.05) is 0 Å². The Morgan fingerprint density at radius 1 is 1.33 bits per heavy atom. The second-order valence-corrected chi connectivity index (χ2v) is 8.02. The van der Waals surface area contributed by atoms with Crippen LogP contribution in [0.15, 0.2) is 41.3 Å². The summed E-state index contributed by atoms with van der Waals surface area (Å²) in [7, 11) is 1.49. The molecule has 3 heterocycles. The lowest BCUT2D eigenvalue weighted by atomic mass is 10.0. The molecule has 1 aliphatic rings. The van der Waals surface area contributed by atoms with Crippen LogP contribution in [-0.4, -0.2) is 39.3 Å². The zero-order valence-electron chi connectivity index (χ0n) is 18.4. The number of ether oxygens (including phenoxy) is 2. The van der Waals surface area contributed by atoms with E-state index in [0.29, 0.717) is 29.2 Å². The topological polar surface area (TPSA) is 116 Å². The van der Waals surface area contributed by atoms with E-state index < -0.39 is 28.6 Å². The van der Waals surface area contributed by atoms with Crippen LogP contribution < -0.4 is 15.6 Å². The van der Waals surface area contributed by atoms with Crippen LogP contribution in [0.2, 0.25) is 0 Å². The lowest BCUT2D eigenvalue weighted by molar-refractivity contribution is -0.0566. The van der Waals surface area contributed by atoms with Crippen LogP contribution in [0.1, 0.15) is 35.7 Å². The maximum Gasteiger partial charge on any atom is 0.296 e. The Labute approximate surface area is 188 Å². The molecule has 0 radical (unpaired) electrons. The van der Waals surface area contributed by atoms with Crippen molar-refractivity contribution in [2.24, 2.45) is 0 Å². The molecule has 1 aromatic carbocycles. The minimum atomic E-state index is -0.897. The van der Waals surface area contributed by atoms with Crippen LogP contribution in [0.3, 0.4) is 0 Å². The molecule has 2 aromatic heterocycles. The van der Waals surface area contributed by atoms with Gasteiger partial charge in [-0.3, -0.25) is 14.2 Å². The summed E-state index contributed by atoms with van der Waals surface area (Å²) in [6, 6.07) is 7.54. The van der Waals surface area contributed by atoms with Gasteiger partial charge in [0.25, 0.3) is 11.5 Å². The second-order valence-electron chi connectivity index (χ2n) is 8.02. The number of hydrogen-bond donors (Lipinski definition) is 2. The van der Waals surface area contributed by atoms with Crippen LogP contribution in [0.4, 0.5) is 4.39 Å². The number of halogens is 1. The summed E-state index contributed by atoms with van der Waals surface area (Å²) in [5, 5.41) is 13.0. The first-order valence-electron chi connectivity index (χ1n) is 10.3. The maximum absolute atomic E-state index is 13.9. The summed E-state index contributed by atoms with van der Waals surface area (Å²) in [5.41, 5.74) is -0.220. The first kappa shape index (κ1) is 22.4. The van der Waals surface area contributed by atoms with E-state index in [2.05, 4.69) is 15.3 Å². The largest absolute Gasteiger partial charge is 0.501 e. The molecule has 4 rings (SSSR count). The van der Waals surface area contributed by atoms with Crippen LogP contribution in [0, 0.1) is 5.82 Å². The van der Waals surface area contributed by atoms with E-state index in [4.69, 9.17) is 9.47 Å². The van der Waals surface area contributed by atoms with Crippen LogP contribution >= 0.6 is 0 Å². The number of benzene rings is 1. The molecule has 33 heavy (non-hydrogen) atoms. The number of fused-ring (bicyclic) bond motifs is 1. The fourth-order valence-electron chi connectivity index (χ4n) is 3.72. The van der Waals surface area contributed by atoms with Gasteiger partial charge in [-0.2, -0.15) is 0 Å². The first-order valence-corrected chi connectivity index (χ1v) is 10.3. The molecule has 0 saturated carbocycles. The van der Waals surface area contributed by atoms with Gasteiger partial charge < -0.3 is 19.9 Å². The van der Waals surface area contributed by atoms with Crippen molar-refractivity contribution in [1.82, 2.24) is 19.9 Å². The third-order valence-electron chi connectivity index (χ3n) is 5.44. The van der Waals surface area contributed by atoms with E-state index in [9.17, 15) is 19.1 Å². The molecule has 0 fully saturated rings. The minimum absolute atomic E-state index is 0.0000924. The third-order valence-corrected chi connectivity index (χ3v) is 5.44. The average Bonchev–Trinajstić information content (AvgIpc) is 2.80. The fourth-order valence-corrected chi connectivity index (χ4v) is 3.72. The van der Waals surface area contributed by atoms with E-state index in [0.717, 1.165) is 0 Å². The van der Waals surface area contributed by atoms with Crippen LogP contribution in [0.25, 0.3) is 11.1 Å². The Morgan fingerprint density at radius 3 is 2.82 bits per heavy atom. The van der Waals surface area contributed by atoms with Gasteiger partial charge in [0.15, 0.2) is 5.69 Å². The highest BCUT2D eigenvalue weighted by Crippen LogP contribution is 2.28. The van der Waals surface area contributed by atoms with Crippen molar-refractivity contribution in [2.75, 3.05) is 13.7 Å². The van der Waals surface area contributed by atoms with Gasteiger partial charge in [-0.25, -0.2) is 14.4 Å². The number of rotatable bonds is 5. The van der Waals surface area contributed by atoms with Gasteiger partial charge in [0.05, 0.1) is 20.3 Å². The molecular formula is C23H23FN4O5. The molecule has 9 nitrogen and oxygen atoms in total. The van der Waals surface area contributed by atoms with Crippen molar-refractivity contribution in [1.29, 1.82) is 0 Å². The number of hydrogen-bond acceptors (Lipinski definition) is 7. The summed E-state index contributed by atoms with van der Waals surface area (Å²) in [6.45, 7) is 3.99. The number of carbonyl (C=O) groups excluding carboxylic acids is 1. The lowest BCUT2D eigenvalue weighted by Gasteiger charge is -2.32. The SMILES string of the molecule is COc1ccc(-c2cc(F)ccc2CNC(=O)c2nc3n(c(=O)c2O)CCOC3(C)C)cn1. The maximum atomic E-state index is 13.9. The molecule has 0 saturated heterocycles. The molecule has 0 aliphatic carbocycles. The van der Waals surface area contributed by atoms with Crippen molar-refractivity contribution >= 4 is 5.91 Å². The highest BCUT2D eigenvalue weighted by Gasteiger charge is 2.34. The lowest BCUT2D eigenvalue weighted by Crippen LogP contribution is -2.42. The molecule has 0 spiro atoms. The minimum Gasteiger partial charge on any atom is -0.501 e. The number of nitrogens with zero attached hydrogens (tertiary/aromatic N) is 3. The Bertz CT molecular complexity index is 1270. The van der Waals surface area contributed by atoms with E-state index in [1.54, 1.807) is 38.2 Å². The van der Waals surface area contributed by atoms with Crippen molar-refractivity contribution < 1.29 is 23.8 Å². The standard InChI is InChI=1S/C23H23FN4O5/c1-23(2)22-27-18(19(29)21(31)28(22)8-9-33-23)20(30)26-12-13-4-6-15(24)10-16(13)14-5-7-17(32-3)25-11-14/h4-7,10-11,29H,8-9,12H2,1-3H3,(H,26,30). The van der Waals surface area contributed by atoms with E-state index >= 15 is 0 Å². The van der Waals surface area contributed by atoms with Crippen LogP contribution in [-0.2, 0) is 23.4 Å². The van der Waals surface area contributed by atoms with Gasteiger partial charge in [-0.15, -0.1) is 0 Å². The Kier molecular flexibility index (Phi) is 5.86. The summed E-state index contributed by atoms with van der Waals surface area (Å²) < 4.78 is 26.0. The van der Waals surface area contributed by atoms with Gasteiger partial charge in [0.1, 0.15) is 17.2 Å². The number of carbonyl (C=O) groups is 1. The number of amides is 1. The van der Waals surface area contributed by atoms with Crippen molar-refractivity contribution in [2.45, 2.75) is 32.5 Å². The monoisotopic (exact) mass is 454 g/mol. The van der Waals surface area contributed by atoms with Gasteiger partial charge in [-0.1, -0.05) is 6.07 Å². The van der Waals surface area contributed by atoms with Crippen molar-refractivity contribution in [3.63, 3.8) is 0 Å². The fraction of sp³-hybridized carbons (Fsp3) is 0.304. The Balaban J connectivity index is 1.63. The highest BCUT2D eigenvalue weighted by atomic mass is 19.1. The molecule has 1 aliphatic heterocycles. The predicted molar refractivity (Wildman–Crippen MR) is 116 cm³/mol. The molecule has 10 heteroatoms. The molecule has 0 unspecified atom stereocenters. The first-order chi connectivity index (χ1) is 15.7. The average molecular weight is 454 g/mol. The number of aromatic nitrogens is 3. The quantitative estimate of drug-likeness (QED) is 0.608. The molecule has 172 valence electrons. The number of pyridine rings is 1. The van der Waals surface area contributed by atoms with Gasteiger partial charge in [-0.05, 0) is 43.2 Å². The molecule has 1 amide bonds. The molecule has 0 bridgehead atoms. The van der Waals surface area contributed by atoms with Crippen LogP contribution in [0.5, 0.6) is 11.6 Å². The number of nitrogens with one attached hydrogen (secondary N) is 1. The van der Waals surface area contributed by atoms with Gasteiger partial charge in [0.2, 0.25) is 11.6 Å². The molecular weight excluding hydrogens is 431 g/mol. The van der Waals surface area contributed by atoms with Gasteiger partial charge in [0, 0.05) is 24.4 Å². The number of methoxy groups -OCH3 is 1. The second kappa shape index (κ2) is 8.62. The third kappa shape index (κ3) is 4.29. The normalized spacial score (nSPS) is 14.4. The predicted octanol–water partition coefficient (Wildman–Crippen LogP) is 2.35. The molecule has 3 aromatic rings. The number of aromatic hydroxyl groups is 1. The zero-order chi connectivity index (χ0) is 23.8. The van der Waals surface area contributed by atoms with Crippen molar-refractivity contribution in [3.05, 3.63) is 69.8 Å². The molecule has 2 N–H and O–H groups in total. The summed E-state index contributed by atoms with van der Waals surface area (Å²) in [4.78, 5) is 33.9. The zero-order valence-corrected chi connectivity index (χ0v) is 18.4. The summed E-state index contributed by atoms with van der Waals surface area (Å²) in [6.07, 6.45) is 1.54. The van der Waals surface area contributed by atoms with E-state index in [-0.39, 0.29) is 24.6 Å². The highest BCUT2D eigenvalue weighted by molar-refractivity contribution is 5.94. The Hall–Kier alpha value is -3.79. The van der Waals surface area contributed by atoms with Crippen molar-refractivity contribution in [3.8, 4) is 22.8 Å². The molecule has 0 atom stereocenters. The summed E-state index contributed by atoms with van der Waals surface area (Å²) in [5.74, 6) is -1.24. The van der Waals surface area contributed by atoms with Gasteiger partial charge >= 0.3 is 0 Å². The Morgan fingerprint density at radius 2 is 2.12 bits per heavy atom. The smallest absolute Gasteiger partial charge is 0.296 e.